The maximum atomic E-state index is 12.8. The summed E-state index contributed by atoms with van der Waals surface area (Å²) in [4.78, 5) is 16.8. The lowest BCUT2D eigenvalue weighted by Gasteiger charge is -2.27. The van der Waals surface area contributed by atoms with Crippen LogP contribution in [0.4, 0.5) is 4.79 Å². The lowest BCUT2D eigenvalue weighted by molar-refractivity contribution is 0.0373. The van der Waals surface area contributed by atoms with Crippen LogP contribution in [0.3, 0.4) is 0 Å². The SMILES string of the molecule is CC(C)(O)CN1CCCN(C(=O)OCC2c3ccccc3-c3ccccc32)CC1. The van der Waals surface area contributed by atoms with Crippen LogP contribution in [0.5, 0.6) is 0 Å². The van der Waals surface area contributed by atoms with Crippen molar-refractivity contribution in [1.82, 2.24) is 9.80 Å². The van der Waals surface area contributed by atoms with Gasteiger partial charge in [0.2, 0.25) is 0 Å². The van der Waals surface area contributed by atoms with Crippen LogP contribution < -0.4 is 0 Å². The molecule has 154 valence electrons. The fourth-order valence-electron chi connectivity index (χ4n) is 4.54. The number of aliphatic hydroxyl groups is 1. The van der Waals surface area contributed by atoms with E-state index in [1.54, 1.807) is 4.90 Å². The van der Waals surface area contributed by atoms with Gasteiger partial charge in [-0.25, -0.2) is 4.79 Å². The van der Waals surface area contributed by atoms with E-state index in [0.29, 0.717) is 26.2 Å². The van der Waals surface area contributed by atoms with Crippen LogP contribution in [0.25, 0.3) is 11.1 Å². The van der Waals surface area contributed by atoms with E-state index in [2.05, 4.69) is 41.3 Å². The normalized spacial score (nSPS) is 17.6. The predicted molar refractivity (Wildman–Crippen MR) is 114 cm³/mol. The van der Waals surface area contributed by atoms with Crippen molar-refractivity contribution in [3.63, 3.8) is 0 Å². The van der Waals surface area contributed by atoms with E-state index < -0.39 is 5.60 Å². The number of hydrogen-bond acceptors (Lipinski definition) is 4. The number of benzene rings is 2. The molecule has 1 heterocycles. The molecule has 0 atom stereocenters. The first-order valence-electron chi connectivity index (χ1n) is 10.5. The number of rotatable bonds is 4. The number of carbonyl (C=O) groups is 1. The number of fused-ring (bicyclic) bond motifs is 3. The van der Waals surface area contributed by atoms with Gasteiger partial charge in [0.25, 0.3) is 0 Å². The summed E-state index contributed by atoms with van der Waals surface area (Å²) >= 11 is 0. The molecule has 1 amide bonds. The van der Waals surface area contributed by atoms with Crippen molar-refractivity contribution < 1.29 is 14.6 Å². The molecule has 2 aliphatic rings. The standard InChI is InChI=1S/C24H30N2O3/c1-24(2,28)17-25-12-7-13-26(15-14-25)23(27)29-16-22-20-10-5-3-8-18(20)19-9-4-6-11-21(19)22/h3-6,8-11,22,28H,7,12-17H2,1-2H3. The Balaban J connectivity index is 1.39. The summed E-state index contributed by atoms with van der Waals surface area (Å²) in [6.45, 7) is 7.59. The summed E-state index contributed by atoms with van der Waals surface area (Å²) in [5.74, 6) is 0.0880. The van der Waals surface area contributed by atoms with Gasteiger partial charge in [-0.3, -0.25) is 4.90 Å². The van der Waals surface area contributed by atoms with Crippen molar-refractivity contribution in [1.29, 1.82) is 0 Å². The third kappa shape index (κ3) is 4.46. The fourth-order valence-corrected chi connectivity index (χ4v) is 4.54. The second-order valence-electron chi connectivity index (χ2n) is 8.73. The molecular formula is C24H30N2O3. The van der Waals surface area contributed by atoms with Crippen LogP contribution in [0.2, 0.25) is 0 Å². The number of amides is 1. The van der Waals surface area contributed by atoms with Gasteiger partial charge in [-0.1, -0.05) is 48.5 Å². The molecule has 0 spiro atoms. The summed E-state index contributed by atoms with van der Waals surface area (Å²) in [5.41, 5.74) is 4.21. The van der Waals surface area contributed by atoms with Gasteiger partial charge in [0.1, 0.15) is 6.61 Å². The van der Waals surface area contributed by atoms with E-state index in [1.807, 2.05) is 26.0 Å². The molecule has 5 nitrogen and oxygen atoms in total. The summed E-state index contributed by atoms with van der Waals surface area (Å²) in [6, 6.07) is 16.8. The number of β-amino-alcohol motifs (C(OH)–C–C–N with tert-alkyl or cyclic N) is 1. The van der Waals surface area contributed by atoms with Crippen LogP contribution in [0.1, 0.15) is 37.3 Å². The Morgan fingerprint density at radius 2 is 1.62 bits per heavy atom. The zero-order valence-electron chi connectivity index (χ0n) is 17.3. The van der Waals surface area contributed by atoms with Crippen molar-refractivity contribution in [2.24, 2.45) is 0 Å². The highest BCUT2D eigenvalue weighted by Gasteiger charge is 2.30. The molecule has 29 heavy (non-hydrogen) atoms. The van der Waals surface area contributed by atoms with E-state index in [0.717, 1.165) is 19.5 Å². The van der Waals surface area contributed by atoms with Gasteiger partial charge in [0, 0.05) is 38.6 Å². The highest BCUT2D eigenvalue weighted by molar-refractivity contribution is 5.79. The zero-order valence-corrected chi connectivity index (χ0v) is 17.3. The van der Waals surface area contributed by atoms with Gasteiger partial charge >= 0.3 is 6.09 Å². The number of hydrogen-bond donors (Lipinski definition) is 1. The van der Waals surface area contributed by atoms with Crippen LogP contribution in [0, 0.1) is 0 Å². The highest BCUT2D eigenvalue weighted by atomic mass is 16.6. The largest absolute Gasteiger partial charge is 0.448 e. The van der Waals surface area contributed by atoms with Gasteiger partial charge in [-0.15, -0.1) is 0 Å². The van der Waals surface area contributed by atoms with Crippen molar-refractivity contribution >= 4 is 6.09 Å². The molecule has 5 heteroatoms. The Labute approximate surface area is 172 Å². The molecule has 0 unspecified atom stereocenters. The van der Waals surface area contributed by atoms with Crippen molar-refractivity contribution in [3.8, 4) is 11.1 Å². The van der Waals surface area contributed by atoms with Crippen molar-refractivity contribution in [3.05, 3.63) is 59.7 Å². The summed E-state index contributed by atoms with van der Waals surface area (Å²) in [5, 5.41) is 10.1. The molecule has 0 bridgehead atoms. The number of nitrogens with zero attached hydrogens (tertiary/aromatic N) is 2. The molecule has 1 saturated heterocycles. The smallest absolute Gasteiger partial charge is 0.409 e. The van der Waals surface area contributed by atoms with E-state index in [9.17, 15) is 9.90 Å². The Morgan fingerprint density at radius 3 is 2.24 bits per heavy atom. The Bertz CT molecular complexity index is 829. The molecule has 1 fully saturated rings. The molecule has 4 rings (SSSR count). The van der Waals surface area contributed by atoms with Crippen LogP contribution >= 0.6 is 0 Å². The van der Waals surface area contributed by atoms with E-state index in [1.165, 1.54) is 22.3 Å². The lowest BCUT2D eigenvalue weighted by Crippen LogP contribution is -2.41. The minimum atomic E-state index is -0.723. The highest BCUT2D eigenvalue weighted by Crippen LogP contribution is 2.44. The molecule has 0 radical (unpaired) electrons. The van der Waals surface area contributed by atoms with E-state index in [4.69, 9.17) is 4.74 Å². The second-order valence-corrected chi connectivity index (χ2v) is 8.73. The van der Waals surface area contributed by atoms with Crippen LogP contribution in [-0.4, -0.2) is 65.9 Å². The zero-order chi connectivity index (χ0) is 20.4. The molecule has 2 aromatic carbocycles. The van der Waals surface area contributed by atoms with Gasteiger partial charge < -0.3 is 14.7 Å². The van der Waals surface area contributed by atoms with Crippen molar-refractivity contribution in [2.45, 2.75) is 31.8 Å². The predicted octanol–water partition coefficient (Wildman–Crippen LogP) is 3.71. The Morgan fingerprint density at radius 1 is 1.00 bits per heavy atom. The molecule has 0 aromatic heterocycles. The lowest BCUT2D eigenvalue weighted by atomic mass is 9.98. The van der Waals surface area contributed by atoms with Crippen LogP contribution in [0.15, 0.2) is 48.5 Å². The fraction of sp³-hybridized carbons (Fsp3) is 0.458. The Kier molecular flexibility index (Phi) is 5.61. The minimum Gasteiger partial charge on any atom is -0.448 e. The van der Waals surface area contributed by atoms with Gasteiger partial charge in [0.15, 0.2) is 0 Å². The van der Waals surface area contributed by atoms with Gasteiger partial charge in [-0.2, -0.15) is 0 Å². The maximum Gasteiger partial charge on any atom is 0.409 e. The quantitative estimate of drug-likeness (QED) is 0.859. The third-order valence-electron chi connectivity index (χ3n) is 5.79. The number of ether oxygens (including phenoxy) is 1. The molecule has 2 aromatic rings. The monoisotopic (exact) mass is 394 g/mol. The van der Waals surface area contributed by atoms with Crippen molar-refractivity contribution in [2.75, 3.05) is 39.3 Å². The third-order valence-corrected chi connectivity index (χ3v) is 5.79. The minimum absolute atomic E-state index is 0.0880. The van der Waals surface area contributed by atoms with E-state index >= 15 is 0 Å². The summed E-state index contributed by atoms with van der Waals surface area (Å²) in [7, 11) is 0. The first-order chi connectivity index (χ1) is 13.9. The van der Waals surface area contributed by atoms with E-state index in [-0.39, 0.29) is 12.0 Å². The van der Waals surface area contributed by atoms with Crippen LogP contribution in [-0.2, 0) is 4.74 Å². The molecule has 1 aliphatic carbocycles. The topological polar surface area (TPSA) is 53.0 Å². The molecule has 1 N–H and O–H groups in total. The Hall–Kier alpha value is -2.37. The molecule has 1 aliphatic heterocycles. The first-order valence-corrected chi connectivity index (χ1v) is 10.5. The van der Waals surface area contributed by atoms with Gasteiger partial charge in [0.05, 0.1) is 5.60 Å². The molecule has 0 saturated carbocycles. The van der Waals surface area contributed by atoms with Gasteiger partial charge in [-0.05, 0) is 42.5 Å². The average Bonchev–Trinajstić information content (AvgIpc) is 2.82. The summed E-state index contributed by atoms with van der Waals surface area (Å²) < 4.78 is 5.79. The summed E-state index contributed by atoms with van der Waals surface area (Å²) in [6.07, 6.45) is 0.650. The number of carbonyl (C=O) groups excluding carboxylic acids is 1. The first kappa shape index (κ1) is 19.9. The average molecular weight is 395 g/mol. The second kappa shape index (κ2) is 8.17. The maximum absolute atomic E-state index is 12.8. The molecular weight excluding hydrogens is 364 g/mol.